The van der Waals surface area contributed by atoms with E-state index in [2.05, 4.69) is 15.0 Å². The first-order valence-corrected chi connectivity index (χ1v) is 11.0. The molecule has 0 aliphatic carbocycles. The molecule has 168 valence electrons. The highest BCUT2D eigenvalue weighted by molar-refractivity contribution is 7.22. The van der Waals surface area contributed by atoms with Gasteiger partial charge in [0.05, 0.1) is 23.6 Å². The van der Waals surface area contributed by atoms with Gasteiger partial charge in [-0.05, 0) is 39.0 Å². The summed E-state index contributed by atoms with van der Waals surface area (Å²) in [6.07, 6.45) is 0. The Labute approximate surface area is 191 Å². The third-order valence-corrected chi connectivity index (χ3v) is 6.19. The van der Waals surface area contributed by atoms with Crippen molar-refractivity contribution in [3.05, 3.63) is 41.5 Å². The Kier molecular flexibility index (Phi) is 7.64. The van der Waals surface area contributed by atoms with Gasteiger partial charge in [-0.1, -0.05) is 17.4 Å². The van der Waals surface area contributed by atoms with Crippen molar-refractivity contribution in [1.29, 1.82) is 0 Å². The third-order valence-electron chi connectivity index (χ3n) is 5.14. The topological polar surface area (TPSA) is 63.5 Å². The number of aryl methyl sites for hydroxylation is 1. The van der Waals surface area contributed by atoms with Crippen molar-refractivity contribution in [3.8, 4) is 0 Å². The number of anilines is 1. The summed E-state index contributed by atoms with van der Waals surface area (Å²) in [4.78, 5) is 22.0. The maximum Gasteiger partial charge on any atom is 0.278 e. The molecule has 2 aromatic heterocycles. The fraction of sp³-hybridized carbons (Fsp3) is 0.476. The number of para-hydroxylation sites is 1. The minimum Gasteiger partial charge on any atom is -0.379 e. The van der Waals surface area contributed by atoms with Gasteiger partial charge >= 0.3 is 0 Å². The van der Waals surface area contributed by atoms with E-state index < -0.39 is 0 Å². The van der Waals surface area contributed by atoms with E-state index >= 15 is 0 Å². The van der Waals surface area contributed by atoms with Crippen molar-refractivity contribution in [2.45, 2.75) is 26.8 Å². The van der Waals surface area contributed by atoms with E-state index in [-0.39, 0.29) is 30.2 Å². The van der Waals surface area contributed by atoms with E-state index in [4.69, 9.17) is 4.74 Å². The lowest BCUT2D eigenvalue weighted by Crippen LogP contribution is -2.43. The predicted octanol–water partition coefficient (Wildman–Crippen LogP) is 3.92. The fourth-order valence-electron chi connectivity index (χ4n) is 3.58. The molecule has 1 aliphatic rings. The molecule has 4 rings (SSSR count). The third kappa shape index (κ3) is 5.06. The molecule has 0 radical (unpaired) electrons. The molecule has 0 unspecified atom stereocenters. The molecule has 3 heterocycles. The molecule has 0 spiro atoms. The Balaban J connectivity index is 0.00000272. The summed E-state index contributed by atoms with van der Waals surface area (Å²) in [5, 5.41) is 4.98. The number of nitrogens with zero attached hydrogens (tertiary/aromatic N) is 5. The lowest BCUT2D eigenvalue weighted by Gasteiger charge is -2.29. The van der Waals surface area contributed by atoms with Gasteiger partial charge in [0, 0.05) is 32.2 Å². The van der Waals surface area contributed by atoms with Gasteiger partial charge in [-0.25, -0.2) is 9.37 Å². The molecule has 1 saturated heterocycles. The van der Waals surface area contributed by atoms with Gasteiger partial charge < -0.3 is 4.74 Å². The number of morpholine rings is 1. The van der Waals surface area contributed by atoms with Gasteiger partial charge in [-0.15, -0.1) is 12.4 Å². The van der Waals surface area contributed by atoms with Crippen LogP contribution in [0.15, 0.2) is 24.3 Å². The van der Waals surface area contributed by atoms with E-state index in [9.17, 15) is 9.18 Å². The van der Waals surface area contributed by atoms with Crippen LogP contribution in [0.3, 0.4) is 0 Å². The molecule has 1 fully saturated rings. The van der Waals surface area contributed by atoms with E-state index in [0.717, 1.165) is 23.5 Å². The minimum atomic E-state index is -0.376. The summed E-state index contributed by atoms with van der Waals surface area (Å²) in [7, 11) is 0. The number of carbonyl (C=O) groups excluding carboxylic acids is 1. The second-order valence-corrected chi connectivity index (χ2v) is 8.71. The molecule has 0 atom stereocenters. The van der Waals surface area contributed by atoms with E-state index in [1.807, 2.05) is 26.8 Å². The number of thiazole rings is 1. The monoisotopic (exact) mass is 467 g/mol. The molecule has 31 heavy (non-hydrogen) atoms. The van der Waals surface area contributed by atoms with Gasteiger partial charge in [0.25, 0.3) is 5.91 Å². The number of rotatable bonds is 6. The van der Waals surface area contributed by atoms with Crippen LogP contribution in [0, 0.1) is 12.7 Å². The van der Waals surface area contributed by atoms with Crippen LogP contribution in [0.5, 0.6) is 0 Å². The number of aromatic nitrogens is 3. The standard InChI is InChI=1S/C21H26FN5O2S.ClH/c1-14(2)27-17(13-15(3)24-27)20(28)26(8-7-25-9-11-29-12-10-25)21-23-19-16(22)5-4-6-18(19)30-21;/h4-6,13-14H,7-12H2,1-3H3;1H. The van der Waals surface area contributed by atoms with Crippen LogP contribution < -0.4 is 4.90 Å². The number of halogens is 2. The Morgan fingerprint density at radius 2 is 2.06 bits per heavy atom. The molecule has 1 amide bonds. The smallest absolute Gasteiger partial charge is 0.278 e. The molecule has 1 aliphatic heterocycles. The zero-order valence-corrected chi connectivity index (χ0v) is 19.5. The molecule has 10 heteroatoms. The first-order valence-electron chi connectivity index (χ1n) is 10.2. The quantitative estimate of drug-likeness (QED) is 0.549. The fourth-order valence-corrected chi connectivity index (χ4v) is 4.58. The molecular weight excluding hydrogens is 441 g/mol. The largest absolute Gasteiger partial charge is 0.379 e. The summed E-state index contributed by atoms with van der Waals surface area (Å²) in [6.45, 7) is 10.1. The maximum atomic E-state index is 14.2. The zero-order valence-electron chi connectivity index (χ0n) is 17.9. The molecule has 1 aromatic carbocycles. The lowest BCUT2D eigenvalue weighted by molar-refractivity contribution is 0.0391. The van der Waals surface area contributed by atoms with Crippen molar-refractivity contribution >= 4 is 45.0 Å². The number of ether oxygens (including phenoxy) is 1. The number of benzene rings is 1. The second kappa shape index (κ2) is 10.0. The number of amides is 1. The minimum absolute atomic E-state index is 0. The van der Waals surface area contributed by atoms with Gasteiger partial charge in [0.1, 0.15) is 17.0 Å². The van der Waals surface area contributed by atoms with Crippen LogP contribution in [0.2, 0.25) is 0 Å². The highest BCUT2D eigenvalue weighted by Gasteiger charge is 2.27. The van der Waals surface area contributed by atoms with Gasteiger partial charge in [0.2, 0.25) is 0 Å². The van der Waals surface area contributed by atoms with Gasteiger partial charge in [0.15, 0.2) is 5.13 Å². The summed E-state index contributed by atoms with van der Waals surface area (Å²) in [6, 6.07) is 6.73. The zero-order chi connectivity index (χ0) is 21.3. The number of fused-ring (bicyclic) bond motifs is 1. The van der Waals surface area contributed by atoms with E-state index in [0.29, 0.717) is 42.6 Å². The normalized spacial score (nSPS) is 14.7. The highest BCUT2D eigenvalue weighted by Crippen LogP contribution is 2.31. The molecule has 7 nitrogen and oxygen atoms in total. The SMILES string of the molecule is Cc1cc(C(=O)N(CCN2CCOCC2)c2nc3c(F)cccc3s2)n(C(C)C)n1.Cl. The van der Waals surface area contributed by atoms with Gasteiger partial charge in [-0.3, -0.25) is 19.3 Å². The number of hydrogen-bond acceptors (Lipinski definition) is 6. The highest BCUT2D eigenvalue weighted by atomic mass is 35.5. The summed E-state index contributed by atoms with van der Waals surface area (Å²) in [5.74, 6) is -0.546. The first kappa shape index (κ1) is 23.6. The average Bonchev–Trinajstić information content (AvgIpc) is 3.33. The molecule has 3 aromatic rings. The average molecular weight is 468 g/mol. The molecule has 0 saturated carbocycles. The van der Waals surface area contributed by atoms with Crippen LogP contribution >= 0.6 is 23.7 Å². The maximum absolute atomic E-state index is 14.2. The molecule has 0 N–H and O–H groups in total. The van der Waals surface area contributed by atoms with Crippen LogP contribution in [-0.4, -0.2) is 65.0 Å². The predicted molar refractivity (Wildman–Crippen MR) is 123 cm³/mol. The first-order chi connectivity index (χ1) is 14.4. The van der Waals surface area contributed by atoms with Crippen molar-refractivity contribution in [2.75, 3.05) is 44.3 Å². The summed E-state index contributed by atoms with van der Waals surface area (Å²) < 4.78 is 22.1. The van der Waals surface area contributed by atoms with Crippen LogP contribution in [0.4, 0.5) is 9.52 Å². The van der Waals surface area contributed by atoms with Gasteiger partial charge in [-0.2, -0.15) is 5.10 Å². The van der Waals surface area contributed by atoms with E-state index in [1.54, 1.807) is 21.7 Å². The summed E-state index contributed by atoms with van der Waals surface area (Å²) in [5.41, 5.74) is 1.61. The van der Waals surface area contributed by atoms with Crippen molar-refractivity contribution in [3.63, 3.8) is 0 Å². The van der Waals surface area contributed by atoms with Crippen molar-refractivity contribution in [2.24, 2.45) is 0 Å². The number of carbonyl (C=O) groups is 1. The summed E-state index contributed by atoms with van der Waals surface area (Å²) >= 11 is 1.33. The Morgan fingerprint density at radius 3 is 2.74 bits per heavy atom. The van der Waals surface area contributed by atoms with E-state index in [1.165, 1.54) is 17.4 Å². The molecule has 0 bridgehead atoms. The van der Waals surface area contributed by atoms with Crippen LogP contribution in [-0.2, 0) is 4.74 Å². The molecular formula is C21H27ClFN5O2S. The number of hydrogen-bond donors (Lipinski definition) is 0. The Hall–Kier alpha value is -2.07. The van der Waals surface area contributed by atoms with Crippen molar-refractivity contribution in [1.82, 2.24) is 19.7 Å². The Bertz CT molecular complexity index is 1050. The van der Waals surface area contributed by atoms with Crippen molar-refractivity contribution < 1.29 is 13.9 Å². The second-order valence-electron chi connectivity index (χ2n) is 7.70. The Morgan fingerprint density at radius 1 is 1.32 bits per heavy atom. The van der Waals surface area contributed by atoms with Crippen LogP contribution in [0.1, 0.15) is 36.1 Å². The van der Waals surface area contributed by atoms with Crippen LogP contribution in [0.25, 0.3) is 10.2 Å². The lowest BCUT2D eigenvalue weighted by atomic mass is 10.3.